The third-order valence-electron chi connectivity index (χ3n) is 3.85. The maximum Gasteiger partial charge on any atom is 0.242 e. The Bertz CT molecular complexity index is 1010. The van der Waals surface area contributed by atoms with Gasteiger partial charge in [0, 0.05) is 5.56 Å². The number of methoxy groups -OCH3 is 1. The molecule has 0 bridgehead atoms. The average molecular weight is 373 g/mol. The summed E-state index contributed by atoms with van der Waals surface area (Å²) in [6.45, 7) is 3.59. The summed E-state index contributed by atoms with van der Waals surface area (Å²) in [5.74, 6) is 1.29. The summed E-state index contributed by atoms with van der Waals surface area (Å²) >= 11 is 0. The minimum Gasteiger partial charge on any atom is -0.497 e. The van der Waals surface area contributed by atoms with Gasteiger partial charge in [0.2, 0.25) is 21.7 Å². The number of aryl methyl sites for hydroxylation is 2. The van der Waals surface area contributed by atoms with Gasteiger partial charge in [-0.2, -0.15) is 4.98 Å². The molecule has 8 heteroatoms. The Morgan fingerprint density at radius 1 is 1.12 bits per heavy atom. The van der Waals surface area contributed by atoms with Gasteiger partial charge in [-0.1, -0.05) is 22.9 Å². The van der Waals surface area contributed by atoms with Crippen molar-refractivity contribution in [1.29, 1.82) is 0 Å². The SMILES string of the molecule is COc1ccc(-c2noc(CNS(=O)(=O)c3ccc(C)cc3C)n2)cc1. The molecule has 0 aliphatic heterocycles. The highest BCUT2D eigenvalue weighted by molar-refractivity contribution is 7.89. The first-order valence-corrected chi connectivity index (χ1v) is 9.41. The minimum absolute atomic E-state index is 0.0845. The van der Waals surface area contributed by atoms with Crippen LogP contribution in [0.1, 0.15) is 17.0 Å². The van der Waals surface area contributed by atoms with Crippen LogP contribution in [0.15, 0.2) is 51.9 Å². The molecule has 2 aromatic carbocycles. The number of nitrogens with one attached hydrogen (secondary N) is 1. The van der Waals surface area contributed by atoms with Crippen molar-refractivity contribution in [2.45, 2.75) is 25.3 Å². The van der Waals surface area contributed by atoms with E-state index in [9.17, 15) is 8.42 Å². The molecule has 0 unspecified atom stereocenters. The summed E-state index contributed by atoms with van der Waals surface area (Å²) in [6.07, 6.45) is 0. The lowest BCUT2D eigenvalue weighted by Gasteiger charge is -2.08. The molecule has 3 rings (SSSR count). The first-order valence-electron chi connectivity index (χ1n) is 7.93. The normalized spacial score (nSPS) is 11.5. The molecule has 0 amide bonds. The smallest absolute Gasteiger partial charge is 0.242 e. The second-order valence-electron chi connectivity index (χ2n) is 5.83. The van der Waals surface area contributed by atoms with Crippen LogP contribution in [0.25, 0.3) is 11.4 Å². The van der Waals surface area contributed by atoms with E-state index in [0.717, 1.165) is 16.9 Å². The molecule has 1 N–H and O–H groups in total. The molecule has 0 spiro atoms. The lowest BCUT2D eigenvalue weighted by molar-refractivity contribution is 0.376. The summed E-state index contributed by atoms with van der Waals surface area (Å²) in [7, 11) is -2.08. The molecule has 0 aliphatic rings. The van der Waals surface area contributed by atoms with E-state index < -0.39 is 10.0 Å². The van der Waals surface area contributed by atoms with E-state index in [2.05, 4.69) is 14.9 Å². The van der Waals surface area contributed by atoms with Crippen LogP contribution in [0.2, 0.25) is 0 Å². The average Bonchev–Trinajstić information content (AvgIpc) is 3.09. The zero-order valence-electron chi connectivity index (χ0n) is 14.7. The van der Waals surface area contributed by atoms with Crippen molar-refractivity contribution in [3.8, 4) is 17.1 Å². The number of ether oxygens (including phenoxy) is 1. The lowest BCUT2D eigenvalue weighted by atomic mass is 10.2. The van der Waals surface area contributed by atoms with Crippen molar-refractivity contribution >= 4 is 10.0 Å². The highest BCUT2D eigenvalue weighted by atomic mass is 32.2. The molecule has 0 saturated carbocycles. The summed E-state index contributed by atoms with van der Waals surface area (Å²) in [6, 6.07) is 12.3. The number of hydrogen-bond acceptors (Lipinski definition) is 6. The molecule has 1 heterocycles. The summed E-state index contributed by atoms with van der Waals surface area (Å²) in [5.41, 5.74) is 2.43. The van der Waals surface area contributed by atoms with E-state index in [1.165, 1.54) is 0 Å². The predicted octanol–water partition coefficient (Wildman–Crippen LogP) is 2.84. The van der Waals surface area contributed by atoms with Crippen LogP contribution in [-0.4, -0.2) is 25.7 Å². The van der Waals surface area contributed by atoms with E-state index in [1.54, 1.807) is 50.4 Å². The number of aromatic nitrogens is 2. The van der Waals surface area contributed by atoms with Gasteiger partial charge in [-0.3, -0.25) is 0 Å². The Hall–Kier alpha value is -2.71. The Labute approximate surface area is 152 Å². The van der Waals surface area contributed by atoms with E-state index in [1.807, 2.05) is 13.0 Å². The molecule has 0 atom stereocenters. The fourth-order valence-corrected chi connectivity index (χ4v) is 3.72. The first-order chi connectivity index (χ1) is 12.4. The molecule has 0 radical (unpaired) electrons. The van der Waals surface area contributed by atoms with Crippen LogP contribution in [0.5, 0.6) is 5.75 Å². The van der Waals surface area contributed by atoms with Crippen LogP contribution in [0.4, 0.5) is 0 Å². The molecule has 0 fully saturated rings. The lowest BCUT2D eigenvalue weighted by Crippen LogP contribution is -2.24. The maximum absolute atomic E-state index is 12.5. The van der Waals surface area contributed by atoms with Crippen LogP contribution < -0.4 is 9.46 Å². The quantitative estimate of drug-likeness (QED) is 0.714. The predicted molar refractivity (Wildman–Crippen MR) is 96.2 cm³/mol. The maximum atomic E-state index is 12.5. The van der Waals surface area contributed by atoms with Gasteiger partial charge in [0.25, 0.3) is 0 Å². The van der Waals surface area contributed by atoms with Gasteiger partial charge in [-0.15, -0.1) is 0 Å². The van der Waals surface area contributed by atoms with Crippen molar-refractivity contribution in [2.24, 2.45) is 0 Å². The van der Waals surface area contributed by atoms with Gasteiger partial charge < -0.3 is 9.26 Å². The fourth-order valence-electron chi connectivity index (χ4n) is 2.52. The summed E-state index contributed by atoms with van der Waals surface area (Å²) in [5, 5.41) is 3.88. The van der Waals surface area contributed by atoms with Crippen LogP contribution in [0.3, 0.4) is 0 Å². The number of hydrogen-bond donors (Lipinski definition) is 1. The third-order valence-corrected chi connectivity index (χ3v) is 5.41. The number of benzene rings is 2. The standard InChI is InChI=1S/C18H19N3O4S/c1-12-4-9-16(13(2)10-12)26(22,23)19-11-17-20-18(21-25-17)14-5-7-15(24-3)8-6-14/h4-10,19H,11H2,1-3H3. The molecule has 7 nitrogen and oxygen atoms in total. The largest absolute Gasteiger partial charge is 0.497 e. The van der Waals surface area contributed by atoms with Crippen LogP contribution >= 0.6 is 0 Å². The molecule has 1 aromatic heterocycles. The van der Waals surface area contributed by atoms with Crippen LogP contribution in [-0.2, 0) is 16.6 Å². The molecule has 26 heavy (non-hydrogen) atoms. The zero-order valence-corrected chi connectivity index (χ0v) is 15.5. The van der Waals surface area contributed by atoms with Crippen molar-refractivity contribution in [1.82, 2.24) is 14.9 Å². The van der Waals surface area contributed by atoms with Gasteiger partial charge in [0.1, 0.15) is 5.75 Å². The molecule has 136 valence electrons. The van der Waals surface area contributed by atoms with E-state index in [-0.39, 0.29) is 17.3 Å². The van der Waals surface area contributed by atoms with Gasteiger partial charge >= 0.3 is 0 Å². The van der Waals surface area contributed by atoms with E-state index >= 15 is 0 Å². The third kappa shape index (κ3) is 3.92. The topological polar surface area (TPSA) is 94.3 Å². The first kappa shape index (κ1) is 18.1. The summed E-state index contributed by atoms with van der Waals surface area (Å²) in [4.78, 5) is 4.46. The highest BCUT2D eigenvalue weighted by Gasteiger charge is 2.18. The highest BCUT2D eigenvalue weighted by Crippen LogP contribution is 2.20. The van der Waals surface area contributed by atoms with Crippen molar-refractivity contribution < 1.29 is 17.7 Å². The summed E-state index contributed by atoms with van der Waals surface area (Å²) < 4.78 is 37.7. The van der Waals surface area contributed by atoms with Crippen molar-refractivity contribution in [3.05, 3.63) is 59.5 Å². The van der Waals surface area contributed by atoms with Gasteiger partial charge in [-0.25, -0.2) is 13.1 Å². The minimum atomic E-state index is -3.66. The number of sulfonamides is 1. The second kappa shape index (κ2) is 7.27. The van der Waals surface area contributed by atoms with Gasteiger partial charge in [0.05, 0.1) is 18.6 Å². The Morgan fingerprint density at radius 2 is 1.85 bits per heavy atom. The van der Waals surface area contributed by atoms with E-state index in [0.29, 0.717) is 11.4 Å². The molecule has 0 saturated heterocycles. The Kier molecular flexibility index (Phi) is 5.06. The second-order valence-corrected chi connectivity index (χ2v) is 7.57. The molecule has 0 aliphatic carbocycles. The van der Waals surface area contributed by atoms with Gasteiger partial charge in [0.15, 0.2) is 0 Å². The number of rotatable bonds is 6. The van der Waals surface area contributed by atoms with E-state index in [4.69, 9.17) is 9.26 Å². The molecular formula is C18H19N3O4S. The molecular weight excluding hydrogens is 354 g/mol. The Balaban J connectivity index is 1.72. The van der Waals surface area contributed by atoms with Crippen molar-refractivity contribution in [3.63, 3.8) is 0 Å². The number of nitrogens with zero attached hydrogens (tertiary/aromatic N) is 2. The monoisotopic (exact) mass is 373 g/mol. The van der Waals surface area contributed by atoms with Gasteiger partial charge in [-0.05, 0) is 49.7 Å². The van der Waals surface area contributed by atoms with Crippen molar-refractivity contribution in [2.75, 3.05) is 7.11 Å². The fraction of sp³-hybridized carbons (Fsp3) is 0.222. The Morgan fingerprint density at radius 3 is 2.50 bits per heavy atom. The zero-order chi connectivity index (χ0) is 18.7. The van der Waals surface area contributed by atoms with Crippen LogP contribution in [0, 0.1) is 13.8 Å². The molecule has 3 aromatic rings.